The van der Waals surface area contributed by atoms with E-state index in [9.17, 15) is 61.5 Å². The van der Waals surface area contributed by atoms with Crippen molar-refractivity contribution in [3.05, 3.63) is 177 Å². The summed E-state index contributed by atoms with van der Waals surface area (Å²) in [6, 6.07) is 12.8. The van der Waals surface area contributed by atoms with Gasteiger partial charge in [0.2, 0.25) is 0 Å². The highest BCUT2D eigenvalue weighted by Crippen LogP contribution is 2.40. The Hall–Kier alpha value is -6.26. The predicted molar refractivity (Wildman–Crippen MR) is 242 cm³/mol. The molecule has 7 nitrogen and oxygen atoms in total. The summed E-state index contributed by atoms with van der Waals surface area (Å²) >= 11 is 0. The van der Waals surface area contributed by atoms with Crippen LogP contribution >= 0.6 is 0 Å². The van der Waals surface area contributed by atoms with Crippen LogP contribution in [0.15, 0.2) is 97.1 Å². The highest BCUT2D eigenvalue weighted by molar-refractivity contribution is 5.66. The zero-order valence-corrected chi connectivity index (χ0v) is 39.8. The summed E-state index contributed by atoms with van der Waals surface area (Å²) < 4.78 is 236. The molecule has 2 heterocycles. The van der Waals surface area contributed by atoms with Gasteiger partial charge in [-0.05, 0) is 97.3 Å². The highest BCUT2D eigenvalue weighted by atomic mass is 19.3. The largest absolute Gasteiger partial charge is 0.432 e. The second-order valence-electron chi connectivity index (χ2n) is 17.4. The van der Waals surface area contributed by atoms with Crippen molar-refractivity contribution in [2.45, 2.75) is 64.3 Å². The molecule has 2 fully saturated rings. The van der Waals surface area contributed by atoms with E-state index < -0.39 is 117 Å². The van der Waals surface area contributed by atoms with E-state index in [1.807, 2.05) is 6.92 Å². The van der Waals surface area contributed by atoms with Gasteiger partial charge in [0.15, 0.2) is 41.7 Å². The average Bonchev–Trinajstić information content (AvgIpc) is 3.36. The molecular formula is C54H46F14O7. The fourth-order valence-electron chi connectivity index (χ4n) is 7.99. The number of hydrogen-bond acceptors (Lipinski definition) is 7. The fraction of sp³-hybridized carbons (Fsp3) is 0.333. The van der Waals surface area contributed by atoms with Crippen LogP contribution in [0.25, 0.3) is 22.3 Å². The lowest BCUT2D eigenvalue weighted by Gasteiger charge is -2.30. The van der Waals surface area contributed by atoms with Gasteiger partial charge in [0.25, 0.3) is 0 Å². The van der Waals surface area contributed by atoms with E-state index >= 15 is 0 Å². The van der Waals surface area contributed by atoms with Crippen LogP contribution in [0.2, 0.25) is 0 Å². The first-order valence-electron chi connectivity index (χ1n) is 23.3. The predicted octanol–water partition coefficient (Wildman–Crippen LogP) is 15.3. The zero-order chi connectivity index (χ0) is 54.2. The first-order chi connectivity index (χ1) is 35.7. The van der Waals surface area contributed by atoms with Crippen molar-refractivity contribution in [1.82, 2.24) is 0 Å². The molecule has 0 radical (unpaired) electrons. The van der Waals surface area contributed by atoms with Crippen LogP contribution in [-0.2, 0) is 35.9 Å². The number of halogens is 14. The maximum Gasteiger partial charge on any atom is 0.432 e. The third-order valence-electron chi connectivity index (χ3n) is 11.8. The van der Waals surface area contributed by atoms with Crippen molar-refractivity contribution in [1.29, 1.82) is 0 Å². The lowest BCUT2D eigenvalue weighted by atomic mass is 10.0. The van der Waals surface area contributed by atoms with Crippen molar-refractivity contribution >= 4 is 0 Å². The summed E-state index contributed by atoms with van der Waals surface area (Å²) in [7, 11) is 0. The van der Waals surface area contributed by atoms with Gasteiger partial charge in [0.05, 0.1) is 38.6 Å². The second-order valence-corrected chi connectivity index (χ2v) is 17.4. The Morgan fingerprint density at radius 3 is 1.52 bits per heavy atom. The molecular weight excluding hydrogens is 1030 g/mol. The molecule has 0 aromatic heterocycles. The molecule has 402 valence electrons. The average molecular weight is 1070 g/mol. The fourth-order valence-corrected chi connectivity index (χ4v) is 7.99. The van der Waals surface area contributed by atoms with Crippen LogP contribution < -0.4 is 9.47 Å². The highest BCUT2D eigenvalue weighted by Gasteiger charge is 2.42. The van der Waals surface area contributed by atoms with Gasteiger partial charge in [-0.1, -0.05) is 38.3 Å². The first kappa shape index (κ1) is 56.5. The van der Waals surface area contributed by atoms with E-state index in [0.717, 1.165) is 80.3 Å². The number of unbranched alkanes of at least 4 members (excludes halogenated alkanes) is 2. The zero-order valence-electron chi connectivity index (χ0n) is 39.8. The standard InChI is InChI=1S/C28H24F8O3.C26H22F6O4/c1-2-3-4-5-15-13-37-27(38-14-15)17-10-21(30)25(22(31)11-17)28(35,36)39-18-6-7-19(20(29)12-18)16-8-23(32)26(34)24(33)9-16;1-2-33-12-15-13-34-25(35-14-15)17-3-7-20(23(29)10-17)26(31,32)36-18-5-6-19(22(28)11-18)16-4-8-21(27)24(30)9-16/h6-12,15,27H,2-5,13-14H2,1H3;3-11,15,25H,2,12-14H2,1H3. The van der Waals surface area contributed by atoms with Crippen molar-refractivity contribution in [2.24, 2.45) is 11.8 Å². The third-order valence-corrected chi connectivity index (χ3v) is 11.8. The lowest BCUT2D eigenvalue weighted by Crippen LogP contribution is -2.30. The van der Waals surface area contributed by atoms with E-state index in [1.165, 1.54) is 6.07 Å². The minimum Gasteiger partial charge on any atom is -0.429 e. The van der Waals surface area contributed by atoms with Gasteiger partial charge in [0, 0.05) is 52.8 Å². The molecule has 0 atom stereocenters. The quantitative estimate of drug-likeness (QED) is 0.0512. The van der Waals surface area contributed by atoms with Crippen molar-refractivity contribution in [2.75, 3.05) is 39.6 Å². The van der Waals surface area contributed by atoms with Crippen molar-refractivity contribution < 1.29 is 94.6 Å². The molecule has 0 spiro atoms. The molecule has 2 aliphatic rings. The molecule has 0 N–H and O–H groups in total. The Morgan fingerprint density at radius 2 is 0.987 bits per heavy atom. The molecule has 6 aromatic rings. The summed E-state index contributed by atoms with van der Waals surface area (Å²) in [6.45, 7) is 6.12. The molecule has 6 aromatic carbocycles. The third kappa shape index (κ3) is 14.0. The molecule has 0 aliphatic carbocycles. The Kier molecular flexibility index (Phi) is 18.5. The number of hydrogen-bond donors (Lipinski definition) is 0. The Labute approximate surface area is 420 Å². The molecule has 0 amide bonds. The van der Waals surface area contributed by atoms with E-state index in [1.54, 1.807) is 0 Å². The Morgan fingerprint density at radius 1 is 0.467 bits per heavy atom. The van der Waals surface area contributed by atoms with E-state index in [2.05, 4.69) is 16.4 Å². The molecule has 2 aliphatic heterocycles. The van der Waals surface area contributed by atoms with E-state index in [0.29, 0.717) is 62.8 Å². The molecule has 0 saturated carbocycles. The van der Waals surface area contributed by atoms with Crippen molar-refractivity contribution in [3.63, 3.8) is 0 Å². The number of benzene rings is 6. The van der Waals surface area contributed by atoms with Crippen LogP contribution in [0.3, 0.4) is 0 Å². The van der Waals surface area contributed by atoms with Gasteiger partial charge in [-0.25, -0.2) is 43.9 Å². The lowest BCUT2D eigenvalue weighted by molar-refractivity contribution is -0.212. The van der Waals surface area contributed by atoms with Crippen LogP contribution in [-0.4, -0.2) is 39.6 Å². The number of alkyl halides is 4. The second kappa shape index (κ2) is 24.6. The summed E-state index contributed by atoms with van der Waals surface area (Å²) in [5.41, 5.74) is -3.72. The summed E-state index contributed by atoms with van der Waals surface area (Å²) in [5, 5.41) is 0. The van der Waals surface area contributed by atoms with Crippen LogP contribution in [0.1, 0.15) is 74.4 Å². The van der Waals surface area contributed by atoms with Crippen molar-refractivity contribution in [3.8, 4) is 33.8 Å². The van der Waals surface area contributed by atoms with Crippen LogP contribution in [0.5, 0.6) is 11.5 Å². The van der Waals surface area contributed by atoms with E-state index in [-0.39, 0.29) is 47.3 Å². The minimum absolute atomic E-state index is 0.00250. The normalized spacial score (nSPS) is 18.1. The number of rotatable bonds is 17. The van der Waals surface area contributed by atoms with E-state index in [4.69, 9.17) is 23.7 Å². The van der Waals surface area contributed by atoms with Crippen LogP contribution in [0.4, 0.5) is 61.5 Å². The summed E-state index contributed by atoms with van der Waals surface area (Å²) in [5.74, 6) is -15.3. The molecule has 21 heteroatoms. The van der Waals surface area contributed by atoms with Gasteiger partial charge in [-0.3, -0.25) is 0 Å². The van der Waals surface area contributed by atoms with Gasteiger partial charge in [-0.2, -0.15) is 17.6 Å². The summed E-state index contributed by atoms with van der Waals surface area (Å²) in [4.78, 5) is 0. The Balaban J connectivity index is 0.000000219. The molecule has 0 bridgehead atoms. The monoisotopic (exact) mass is 1070 g/mol. The van der Waals surface area contributed by atoms with Crippen LogP contribution in [0, 0.1) is 70.0 Å². The molecule has 8 rings (SSSR count). The summed E-state index contributed by atoms with van der Waals surface area (Å²) in [6.07, 6.45) is -6.81. The minimum atomic E-state index is -4.58. The molecule has 0 unspecified atom stereocenters. The van der Waals surface area contributed by atoms with Gasteiger partial charge in [-0.15, -0.1) is 0 Å². The molecule has 75 heavy (non-hydrogen) atoms. The smallest absolute Gasteiger partial charge is 0.429 e. The number of ether oxygens (including phenoxy) is 7. The maximum absolute atomic E-state index is 14.8. The van der Waals surface area contributed by atoms with Gasteiger partial charge >= 0.3 is 12.2 Å². The first-order valence-corrected chi connectivity index (χ1v) is 23.3. The molecule has 2 saturated heterocycles. The van der Waals surface area contributed by atoms with Gasteiger partial charge < -0.3 is 33.2 Å². The Bertz CT molecular complexity index is 2880. The topological polar surface area (TPSA) is 64.6 Å². The van der Waals surface area contributed by atoms with Gasteiger partial charge in [0.1, 0.15) is 46.1 Å². The SMILES string of the molecule is CCCCCC1COC(c2cc(F)c(C(F)(F)Oc3ccc(-c4cc(F)c(F)c(F)c4)c(F)c3)c(F)c2)OC1.CCOCC1COC(c2ccc(C(F)(F)Oc3ccc(-c4ccc(F)c(F)c4)c(F)c3)c(F)c2)OC1. The maximum atomic E-state index is 14.8.